The lowest BCUT2D eigenvalue weighted by atomic mass is 9.91. The van der Waals surface area contributed by atoms with Crippen molar-refractivity contribution in [3.63, 3.8) is 0 Å². The van der Waals surface area contributed by atoms with Gasteiger partial charge in [-0.3, -0.25) is 9.78 Å². The van der Waals surface area contributed by atoms with E-state index >= 15 is 0 Å². The monoisotopic (exact) mass is 353 g/mol. The number of hydrogen-bond acceptors (Lipinski definition) is 4. The summed E-state index contributed by atoms with van der Waals surface area (Å²) in [5.41, 5.74) is 3.10. The Morgan fingerprint density at radius 3 is 2.65 bits per heavy atom. The maximum absolute atomic E-state index is 13.0. The van der Waals surface area contributed by atoms with E-state index in [-0.39, 0.29) is 5.91 Å². The van der Waals surface area contributed by atoms with Gasteiger partial charge >= 0.3 is 0 Å². The molecule has 1 aliphatic heterocycles. The van der Waals surface area contributed by atoms with Crippen molar-refractivity contribution >= 4 is 5.91 Å². The van der Waals surface area contributed by atoms with Crippen molar-refractivity contribution in [3.8, 4) is 0 Å². The van der Waals surface area contributed by atoms with Gasteiger partial charge in [-0.05, 0) is 60.7 Å². The predicted octanol–water partition coefficient (Wildman–Crippen LogP) is 2.84. The number of carbonyl (C=O) groups excluding carboxylic acids is 1. The number of nitrogens with one attached hydrogen (secondary N) is 1. The summed E-state index contributed by atoms with van der Waals surface area (Å²) >= 11 is 0. The first-order valence-electron chi connectivity index (χ1n) is 9.25. The summed E-state index contributed by atoms with van der Waals surface area (Å²) in [5, 5.41) is 3.45. The molecule has 0 saturated carbocycles. The summed E-state index contributed by atoms with van der Waals surface area (Å²) in [5.74, 6) is 0.585. The topological polar surface area (TPSA) is 54.5 Å². The SMILES string of the molecule is COCCN(Cc1ccncc1)C(=O)c1ccc([C@H]2CCCNC2)cc1. The van der Waals surface area contributed by atoms with E-state index < -0.39 is 0 Å². The van der Waals surface area contributed by atoms with Gasteiger partial charge < -0.3 is 15.0 Å². The average Bonchev–Trinajstić information content (AvgIpc) is 2.72. The van der Waals surface area contributed by atoms with E-state index in [0.29, 0.717) is 25.6 Å². The number of pyridine rings is 1. The Labute approximate surface area is 155 Å². The molecule has 1 aliphatic rings. The molecule has 26 heavy (non-hydrogen) atoms. The van der Waals surface area contributed by atoms with Gasteiger partial charge in [0.15, 0.2) is 0 Å². The standard InChI is InChI=1S/C21H27N3O2/c1-26-14-13-24(16-17-8-11-22-12-9-17)21(25)19-6-4-18(5-7-19)20-3-2-10-23-15-20/h4-9,11-12,20,23H,2-3,10,13-16H2,1H3/t20-/m0/s1. The van der Waals surface area contributed by atoms with Crippen molar-refractivity contribution < 1.29 is 9.53 Å². The number of methoxy groups -OCH3 is 1. The van der Waals surface area contributed by atoms with Crippen LogP contribution in [0.3, 0.4) is 0 Å². The van der Waals surface area contributed by atoms with Crippen LogP contribution in [0.2, 0.25) is 0 Å². The zero-order valence-electron chi connectivity index (χ0n) is 15.4. The highest BCUT2D eigenvalue weighted by Gasteiger charge is 2.18. The number of aromatic nitrogens is 1. The summed E-state index contributed by atoms with van der Waals surface area (Å²) in [4.78, 5) is 18.9. The molecule has 5 nitrogen and oxygen atoms in total. The number of piperidine rings is 1. The maximum atomic E-state index is 13.0. The Hall–Kier alpha value is -2.24. The molecule has 1 atom stereocenters. The third-order valence-corrected chi connectivity index (χ3v) is 4.90. The van der Waals surface area contributed by atoms with Gasteiger partial charge in [0.1, 0.15) is 0 Å². The Morgan fingerprint density at radius 1 is 1.23 bits per heavy atom. The van der Waals surface area contributed by atoms with Crippen LogP contribution in [0.4, 0.5) is 0 Å². The Balaban J connectivity index is 1.70. The second kappa shape index (κ2) is 9.46. The van der Waals surface area contributed by atoms with E-state index in [1.54, 1.807) is 19.5 Å². The van der Waals surface area contributed by atoms with Crippen LogP contribution in [0.5, 0.6) is 0 Å². The van der Waals surface area contributed by atoms with Gasteiger partial charge in [-0.2, -0.15) is 0 Å². The highest BCUT2D eigenvalue weighted by molar-refractivity contribution is 5.94. The second-order valence-corrected chi connectivity index (χ2v) is 6.74. The van der Waals surface area contributed by atoms with Crippen LogP contribution >= 0.6 is 0 Å². The fraction of sp³-hybridized carbons (Fsp3) is 0.429. The van der Waals surface area contributed by atoms with Crippen LogP contribution in [0.1, 0.15) is 40.2 Å². The molecule has 1 saturated heterocycles. The molecule has 1 fully saturated rings. The number of rotatable bonds is 7. The summed E-state index contributed by atoms with van der Waals surface area (Å²) in [6.45, 7) is 3.76. The normalized spacial score (nSPS) is 17.0. The molecule has 1 N–H and O–H groups in total. The van der Waals surface area contributed by atoms with E-state index in [0.717, 1.165) is 24.2 Å². The number of nitrogens with zero attached hydrogens (tertiary/aromatic N) is 2. The molecule has 138 valence electrons. The molecule has 0 bridgehead atoms. The molecule has 0 unspecified atom stereocenters. The Bertz CT molecular complexity index is 682. The summed E-state index contributed by atoms with van der Waals surface area (Å²) in [6, 6.07) is 12.0. The van der Waals surface area contributed by atoms with E-state index in [1.165, 1.54) is 18.4 Å². The number of hydrogen-bond donors (Lipinski definition) is 1. The van der Waals surface area contributed by atoms with Gasteiger partial charge in [-0.25, -0.2) is 0 Å². The molecule has 3 rings (SSSR count). The quantitative estimate of drug-likeness (QED) is 0.832. The lowest BCUT2D eigenvalue weighted by Crippen LogP contribution is -2.33. The lowest BCUT2D eigenvalue weighted by Gasteiger charge is -2.24. The molecule has 1 aromatic carbocycles. The predicted molar refractivity (Wildman–Crippen MR) is 102 cm³/mol. The van der Waals surface area contributed by atoms with Crippen LogP contribution in [-0.4, -0.2) is 49.1 Å². The number of ether oxygens (including phenoxy) is 1. The molecule has 2 aromatic rings. The first-order valence-corrected chi connectivity index (χ1v) is 9.25. The van der Waals surface area contributed by atoms with Gasteiger partial charge in [-0.15, -0.1) is 0 Å². The Kier molecular flexibility index (Phi) is 6.75. The minimum absolute atomic E-state index is 0.0344. The minimum Gasteiger partial charge on any atom is -0.383 e. The van der Waals surface area contributed by atoms with Gasteiger partial charge in [0.05, 0.1) is 6.61 Å². The van der Waals surface area contributed by atoms with Crippen molar-refractivity contribution in [1.82, 2.24) is 15.2 Å². The first-order chi connectivity index (χ1) is 12.8. The third kappa shape index (κ3) is 4.90. The van der Waals surface area contributed by atoms with Crippen LogP contribution < -0.4 is 5.32 Å². The van der Waals surface area contributed by atoms with Crippen molar-refractivity contribution in [1.29, 1.82) is 0 Å². The zero-order chi connectivity index (χ0) is 18.2. The highest BCUT2D eigenvalue weighted by atomic mass is 16.5. The largest absolute Gasteiger partial charge is 0.383 e. The number of benzene rings is 1. The molecule has 0 radical (unpaired) electrons. The Morgan fingerprint density at radius 2 is 2.00 bits per heavy atom. The van der Waals surface area contributed by atoms with E-state index in [2.05, 4.69) is 22.4 Å². The zero-order valence-corrected chi connectivity index (χ0v) is 15.4. The van der Waals surface area contributed by atoms with Gasteiger partial charge in [0, 0.05) is 44.7 Å². The van der Waals surface area contributed by atoms with E-state index in [9.17, 15) is 4.79 Å². The van der Waals surface area contributed by atoms with Crippen molar-refractivity contribution in [3.05, 3.63) is 65.5 Å². The lowest BCUT2D eigenvalue weighted by molar-refractivity contribution is 0.0680. The van der Waals surface area contributed by atoms with Crippen LogP contribution in [0.25, 0.3) is 0 Å². The second-order valence-electron chi connectivity index (χ2n) is 6.74. The van der Waals surface area contributed by atoms with Gasteiger partial charge in [-0.1, -0.05) is 12.1 Å². The summed E-state index contributed by atoms with van der Waals surface area (Å²) < 4.78 is 5.18. The first kappa shape index (κ1) is 18.5. The van der Waals surface area contributed by atoms with E-state index in [4.69, 9.17) is 4.74 Å². The van der Waals surface area contributed by atoms with E-state index in [1.807, 2.05) is 29.2 Å². The smallest absolute Gasteiger partial charge is 0.254 e. The molecule has 0 spiro atoms. The van der Waals surface area contributed by atoms with Crippen LogP contribution in [0.15, 0.2) is 48.8 Å². The van der Waals surface area contributed by atoms with Gasteiger partial charge in [0.25, 0.3) is 5.91 Å². The molecule has 5 heteroatoms. The van der Waals surface area contributed by atoms with Crippen LogP contribution in [0, 0.1) is 0 Å². The number of carbonyl (C=O) groups is 1. The minimum atomic E-state index is 0.0344. The number of amides is 1. The van der Waals surface area contributed by atoms with Gasteiger partial charge in [0.2, 0.25) is 0 Å². The third-order valence-electron chi connectivity index (χ3n) is 4.90. The van der Waals surface area contributed by atoms with Crippen molar-refractivity contribution in [2.24, 2.45) is 0 Å². The fourth-order valence-corrected chi connectivity index (χ4v) is 3.38. The molecular formula is C21H27N3O2. The van der Waals surface area contributed by atoms with Crippen LogP contribution in [-0.2, 0) is 11.3 Å². The molecule has 2 heterocycles. The van der Waals surface area contributed by atoms with Crippen molar-refractivity contribution in [2.45, 2.75) is 25.3 Å². The molecular weight excluding hydrogens is 326 g/mol. The average molecular weight is 353 g/mol. The van der Waals surface area contributed by atoms with Crippen molar-refractivity contribution in [2.75, 3.05) is 33.4 Å². The summed E-state index contributed by atoms with van der Waals surface area (Å²) in [6.07, 6.45) is 5.92. The maximum Gasteiger partial charge on any atom is 0.254 e. The molecule has 0 aliphatic carbocycles. The molecule has 1 amide bonds. The highest BCUT2D eigenvalue weighted by Crippen LogP contribution is 2.23. The summed E-state index contributed by atoms with van der Waals surface area (Å²) in [7, 11) is 1.65. The molecule has 1 aromatic heterocycles. The fourth-order valence-electron chi connectivity index (χ4n) is 3.38.